The zero-order chi connectivity index (χ0) is 24.2. The summed E-state index contributed by atoms with van der Waals surface area (Å²) in [6.45, 7) is 1.48. The fraction of sp³-hybridized carbons (Fsp3) is 0.174. The maximum absolute atomic E-state index is 13.6. The minimum absolute atomic E-state index is 0.00717. The Labute approximate surface area is 187 Å². The maximum Gasteiger partial charge on any atom is 0.419 e. The number of nitrogens with zero attached hydrogens (tertiary/aromatic N) is 1. The molecule has 3 rings (SSSR count). The Hall–Kier alpha value is -3.95. The number of carbonyl (C=O) groups is 2. The zero-order valence-electron chi connectivity index (χ0n) is 17.7. The van der Waals surface area contributed by atoms with Gasteiger partial charge in [-0.15, -0.1) is 0 Å². The van der Waals surface area contributed by atoms with E-state index in [1.807, 2.05) is 0 Å². The van der Waals surface area contributed by atoms with Crippen LogP contribution in [-0.2, 0) is 17.4 Å². The molecule has 0 aliphatic heterocycles. The summed E-state index contributed by atoms with van der Waals surface area (Å²) in [5.41, 5.74) is -0.242. The van der Waals surface area contributed by atoms with Crippen LogP contribution in [0.4, 0.5) is 40.4 Å². The van der Waals surface area contributed by atoms with Crippen LogP contribution in [0.3, 0.4) is 0 Å². The van der Waals surface area contributed by atoms with E-state index in [0.717, 1.165) is 23.8 Å². The molecule has 0 aliphatic carbocycles. The van der Waals surface area contributed by atoms with Crippen LogP contribution in [0.25, 0.3) is 0 Å². The zero-order valence-corrected chi connectivity index (χ0v) is 17.7. The predicted octanol–water partition coefficient (Wildman–Crippen LogP) is 5.22. The van der Waals surface area contributed by atoms with Crippen molar-refractivity contribution in [1.29, 1.82) is 0 Å². The molecule has 33 heavy (non-hydrogen) atoms. The number of hydrogen-bond donors (Lipinski definition) is 3. The second-order valence-corrected chi connectivity index (χ2v) is 7.21. The molecule has 10 heteroatoms. The van der Waals surface area contributed by atoms with Crippen molar-refractivity contribution in [2.45, 2.75) is 19.5 Å². The fourth-order valence-electron chi connectivity index (χ4n) is 3.09. The summed E-state index contributed by atoms with van der Waals surface area (Å²) in [6, 6.07) is 11.1. The molecule has 1 heterocycles. The second-order valence-electron chi connectivity index (χ2n) is 7.21. The normalized spacial score (nSPS) is 11.1. The summed E-state index contributed by atoms with van der Waals surface area (Å²) < 4.78 is 54.4. The average Bonchev–Trinajstić information content (AvgIpc) is 2.75. The third-order valence-corrected chi connectivity index (χ3v) is 4.61. The van der Waals surface area contributed by atoms with E-state index in [1.165, 1.54) is 20.0 Å². The molecule has 3 N–H and O–H groups in total. The van der Waals surface area contributed by atoms with Gasteiger partial charge in [-0.3, -0.25) is 9.59 Å². The highest BCUT2D eigenvalue weighted by atomic mass is 19.4. The highest BCUT2D eigenvalue weighted by molar-refractivity contribution is 6.00. The van der Waals surface area contributed by atoms with E-state index in [-0.39, 0.29) is 35.0 Å². The van der Waals surface area contributed by atoms with Crippen molar-refractivity contribution in [3.05, 3.63) is 77.2 Å². The van der Waals surface area contributed by atoms with Gasteiger partial charge in [-0.1, -0.05) is 12.1 Å². The average molecular weight is 460 g/mol. The molecule has 0 bridgehead atoms. The van der Waals surface area contributed by atoms with Crippen molar-refractivity contribution in [2.75, 3.05) is 17.7 Å². The van der Waals surface area contributed by atoms with E-state index >= 15 is 0 Å². The van der Waals surface area contributed by atoms with Gasteiger partial charge in [0.2, 0.25) is 0 Å². The lowest BCUT2D eigenvalue weighted by Crippen LogP contribution is -2.20. The first kappa shape index (κ1) is 23.7. The first-order valence-corrected chi connectivity index (χ1v) is 9.78. The number of carbonyl (C=O) groups excluding carboxylic acids is 2. The van der Waals surface area contributed by atoms with Gasteiger partial charge in [0.05, 0.1) is 22.5 Å². The number of amides is 1. The lowest BCUT2D eigenvalue weighted by Gasteiger charge is -2.18. The molecule has 1 amide bonds. The van der Waals surface area contributed by atoms with Gasteiger partial charge in [-0.2, -0.15) is 13.2 Å². The molecule has 2 aromatic carbocycles. The van der Waals surface area contributed by atoms with Crippen LogP contribution in [0.1, 0.15) is 28.4 Å². The van der Waals surface area contributed by atoms with Gasteiger partial charge in [-0.05, 0) is 42.8 Å². The number of aromatic nitrogens is 1. The van der Waals surface area contributed by atoms with Crippen molar-refractivity contribution in [2.24, 2.45) is 0 Å². The largest absolute Gasteiger partial charge is 0.419 e. The van der Waals surface area contributed by atoms with Crippen LogP contribution >= 0.6 is 0 Å². The minimum atomic E-state index is -4.73. The molecule has 0 spiro atoms. The molecule has 0 saturated heterocycles. The molecule has 1 aromatic heterocycles. The Morgan fingerprint density at radius 3 is 2.27 bits per heavy atom. The number of hydrogen-bond acceptors (Lipinski definition) is 5. The molecule has 0 unspecified atom stereocenters. The molecule has 172 valence electrons. The van der Waals surface area contributed by atoms with E-state index in [0.29, 0.717) is 11.9 Å². The summed E-state index contributed by atoms with van der Waals surface area (Å²) in [7, 11) is 1.33. The Kier molecular flexibility index (Phi) is 6.95. The third kappa shape index (κ3) is 6.06. The van der Waals surface area contributed by atoms with Gasteiger partial charge in [0.1, 0.15) is 17.4 Å². The van der Waals surface area contributed by atoms with Crippen molar-refractivity contribution >= 4 is 34.6 Å². The number of nitrogens with one attached hydrogen (secondary N) is 3. The van der Waals surface area contributed by atoms with Gasteiger partial charge < -0.3 is 16.0 Å². The van der Waals surface area contributed by atoms with Crippen LogP contribution in [-0.4, -0.2) is 23.7 Å². The number of anilines is 4. The number of Topliss-reactive ketones (excluding diaryl/α,β-unsaturated/α-hetero) is 1. The highest BCUT2D eigenvalue weighted by Gasteiger charge is 2.34. The minimum Gasteiger partial charge on any atom is -0.355 e. The molecule has 3 aromatic rings. The Balaban J connectivity index is 1.95. The van der Waals surface area contributed by atoms with Gasteiger partial charge in [0.25, 0.3) is 5.91 Å². The first-order valence-electron chi connectivity index (χ1n) is 9.78. The molecule has 6 nitrogen and oxygen atoms in total. The van der Waals surface area contributed by atoms with Gasteiger partial charge >= 0.3 is 6.18 Å². The number of benzene rings is 2. The van der Waals surface area contributed by atoms with Crippen LogP contribution in [0.2, 0.25) is 0 Å². The van der Waals surface area contributed by atoms with Crippen LogP contribution in [0, 0.1) is 5.82 Å². The highest BCUT2D eigenvalue weighted by Crippen LogP contribution is 2.37. The molecule has 0 saturated carbocycles. The topological polar surface area (TPSA) is 83.1 Å². The summed E-state index contributed by atoms with van der Waals surface area (Å²) in [6.07, 6.45) is -3.79. The van der Waals surface area contributed by atoms with Crippen molar-refractivity contribution in [1.82, 2.24) is 10.3 Å². The first-order chi connectivity index (χ1) is 15.6. The van der Waals surface area contributed by atoms with Crippen molar-refractivity contribution < 1.29 is 27.2 Å². The number of halogens is 4. The van der Waals surface area contributed by atoms with Gasteiger partial charge in [-0.25, -0.2) is 9.37 Å². The van der Waals surface area contributed by atoms with E-state index in [2.05, 4.69) is 20.9 Å². The van der Waals surface area contributed by atoms with Crippen molar-refractivity contribution in [3.8, 4) is 0 Å². The van der Waals surface area contributed by atoms with Gasteiger partial charge in [0, 0.05) is 31.4 Å². The van der Waals surface area contributed by atoms with E-state index in [4.69, 9.17) is 0 Å². The Morgan fingerprint density at radius 1 is 0.970 bits per heavy atom. The lowest BCUT2D eigenvalue weighted by atomic mass is 10.1. The fourth-order valence-corrected chi connectivity index (χ4v) is 3.09. The maximum atomic E-state index is 13.6. The molecular weight excluding hydrogens is 440 g/mol. The number of rotatable bonds is 7. The summed E-state index contributed by atoms with van der Waals surface area (Å²) >= 11 is 0. The Bertz CT molecular complexity index is 1180. The number of alkyl halides is 3. The molecule has 0 radical (unpaired) electrons. The van der Waals surface area contributed by atoms with E-state index < -0.39 is 23.5 Å². The SMILES string of the molecule is CNC(=O)c1cc(F)ccc1Nc1cc(Nc2ccc(CC(C)=O)cc2)ncc1C(F)(F)F. The van der Waals surface area contributed by atoms with Gasteiger partial charge in [0.15, 0.2) is 0 Å². The monoisotopic (exact) mass is 460 g/mol. The Morgan fingerprint density at radius 2 is 1.67 bits per heavy atom. The standard InChI is InChI=1S/C23H20F4N4O2/c1-13(32)9-14-3-6-16(7-4-14)30-21-11-20(18(12-29-21)23(25,26)27)31-19-8-5-15(24)10-17(19)22(33)28-2/h3-8,10-12H,9H2,1-2H3,(H,28,33)(H2,29,30,31). The second kappa shape index (κ2) is 9.68. The van der Waals surface area contributed by atoms with Crippen molar-refractivity contribution in [3.63, 3.8) is 0 Å². The van der Waals surface area contributed by atoms with Crippen LogP contribution in [0.5, 0.6) is 0 Å². The summed E-state index contributed by atoms with van der Waals surface area (Å²) in [5, 5.41) is 7.81. The smallest absolute Gasteiger partial charge is 0.355 e. The number of pyridine rings is 1. The lowest BCUT2D eigenvalue weighted by molar-refractivity contribution is -0.137. The predicted molar refractivity (Wildman–Crippen MR) is 116 cm³/mol. The summed E-state index contributed by atoms with van der Waals surface area (Å²) in [4.78, 5) is 27.1. The molecule has 0 aliphatic rings. The molecular formula is C23H20F4N4O2. The summed E-state index contributed by atoms with van der Waals surface area (Å²) in [5.74, 6) is -1.26. The quantitative estimate of drug-likeness (QED) is 0.421. The third-order valence-electron chi connectivity index (χ3n) is 4.61. The molecule has 0 fully saturated rings. The number of ketones is 1. The van der Waals surface area contributed by atoms with E-state index in [1.54, 1.807) is 24.3 Å². The van der Waals surface area contributed by atoms with Crippen LogP contribution < -0.4 is 16.0 Å². The van der Waals surface area contributed by atoms with E-state index in [9.17, 15) is 27.2 Å². The van der Waals surface area contributed by atoms with Crippen LogP contribution in [0.15, 0.2) is 54.7 Å². The molecule has 0 atom stereocenters.